The Balaban J connectivity index is 2.83. The highest BCUT2D eigenvalue weighted by molar-refractivity contribution is 6.33. The third kappa shape index (κ3) is 3.03. The minimum absolute atomic E-state index is 0.0790. The minimum atomic E-state index is -1.10. The Bertz CT molecular complexity index is 421. The summed E-state index contributed by atoms with van der Waals surface area (Å²) in [4.78, 5) is 11.5. The van der Waals surface area contributed by atoms with Crippen LogP contribution in [0.3, 0.4) is 0 Å². The number of rotatable bonds is 4. The second-order valence-electron chi connectivity index (χ2n) is 3.08. The molecular weight excluding hydrogens is 236 g/mol. The molecule has 86 valence electrons. The third-order valence-electron chi connectivity index (χ3n) is 1.89. The number of amides is 1. The zero-order valence-corrected chi connectivity index (χ0v) is 9.15. The largest absolute Gasteiger partial charge is 0.352 e. The quantitative estimate of drug-likeness (QED) is 0.493. The number of nitrogens with one attached hydrogen (secondary N) is 1. The molecule has 0 aliphatic heterocycles. The number of carbonyl (C=O) groups excluding carboxylic acids is 1. The normalized spacial score (nSPS) is 9.94. The maximum atomic E-state index is 12.9. The van der Waals surface area contributed by atoms with Crippen LogP contribution in [0.2, 0.25) is 5.02 Å². The Hall–Kier alpha value is -1.42. The van der Waals surface area contributed by atoms with E-state index in [0.29, 0.717) is 13.0 Å². The lowest BCUT2D eigenvalue weighted by molar-refractivity contribution is 0.0954. The average molecular weight is 246 g/mol. The SMILES string of the molecule is C=CCCNC(=O)c1cc(F)c(F)cc1Cl. The van der Waals surface area contributed by atoms with E-state index in [2.05, 4.69) is 11.9 Å². The first-order valence-electron chi connectivity index (χ1n) is 4.60. The molecule has 0 heterocycles. The molecule has 0 fully saturated rings. The zero-order chi connectivity index (χ0) is 12.1. The number of carbonyl (C=O) groups is 1. The predicted molar refractivity (Wildman–Crippen MR) is 58.5 cm³/mol. The highest BCUT2D eigenvalue weighted by Gasteiger charge is 2.14. The second kappa shape index (κ2) is 5.61. The van der Waals surface area contributed by atoms with Crippen molar-refractivity contribution in [1.29, 1.82) is 0 Å². The number of benzene rings is 1. The van der Waals surface area contributed by atoms with E-state index in [1.807, 2.05) is 0 Å². The van der Waals surface area contributed by atoms with Crippen molar-refractivity contribution in [3.8, 4) is 0 Å². The molecule has 0 spiro atoms. The summed E-state index contributed by atoms with van der Waals surface area (Å²) in [5.41, 5.74) is -0.0790. The summed E-state index contributed by atoms with van der Waals surface area (Å²) in [7, 11) is 0. The molecule has 1 amide bonds. The summed E-state index contributed by atoms with van der Waals surface area (Å²) in [6, 6.07) is 1.56. The molecule has 5 heteroatoms. The lowest BCUT2D eigenvalue weighted by Crippen LogP contribution is -2.24. The minimum Gasteiger partial charge on any atom is -0.352 e. The molecule has 16 heavy (non-hydrogen) atoms. The third-order valence-corrected chi connectivity index (χ3v) is 2.20. The Morgan fingerprint density at radius 2 is 2.06 bits per heavy atom. The Kier molecular flexibility index (Phi) is 4.43. The van der Waals surface area contributed by atoms with Crippen molar-refractivity contribution in [1.82, 2.24) is 5.32 Å². The van der Waals surface area contributed by atoms with Crippen molar-refractivity contribution in [3.05, 3.63) is 47.0 Å². The van der Waals surface area contributed by atoms with Crippen LogP contribution in [0, 0.1) is 11.6 Å². The standard InChI is InChI=1S/C11H10ClF2NO/c1-2-3-4-15-11(16)7-5-9(13)10(14)6-8(7)12/h2,5-6H,1,3-4H2,(H,15,16). The van der Waals surface area contributed by atoms with Crippen LogP contribution in [-0.4, -0.2) is 12.5 Å². The van der Waals surface area contributed by atoms with Gasteiger partial charge in [0.25, 0.3) is 5.91 Å². The first-order valence-corrected chi connectivity index (χ1v) is 4.97. The Morgan fingerprint density at radius 1 is 1.44 bits per heavy atom. The molecule has 1 aromatic carbocycles. The van der Waals surface area contributed by atoms with E-state index in [0.717, 1.165) is 12.1 Å². The van der Waals surface area contributed by atoms with Gasteiger partial charge in [0.15, 0.2) is 11.6 Å². The summed E-state index contributed by atoms with van der Waals surface area (Å²) in [6.45, 7) is 3.86. The van der Waals surface area contributed by atoms with E-state index in [9.17, 15) is 13.6 Å². The molecule has 0 saturated carbocycles. The van der Waals surface area contributed by atoms with E-state index < -0.39 is 17.5 Å². The van der Waals surface area contributed by atoms with Gasteiger partial charge in [-0.05, 0) is 18.6 Å². The lowest BCUT2D eigenvalue weighted by Gasteiger charge is -2.06. The van der Waals surface area contributed by atoms with Gasteiger partial charge < -0.3 is 5.32 Å². The van der Waals surface area contributed by atoms with Crippen LogP contribution in [0.25, 0.3) is 0 Å². The molecule has 1 aromatic rings. The van der Waals surface area contributed by atoms with Crippen molar-refractivity contribution in [2.45, 2.75) is 6.42 Å². The van der Waals surface area contributed by atoms with Gasteiger partial charge in [0.05, 0.1) is 10.6 Å². The van der Waals surface area contributed by atoms with Crippen molar-refractivity contribution >= 4 is 17.5 Å². The first-order chi connectivity index (χ1) is 7.56. The van der Waals surface area contributed by atoms with E-state index in [1.165, 1.54) is 0 Å². The van der Waals surface area contributed by atoms with E-state index in [4.69, 9.17) is 11.6 Å². The second-order valence-corrected chi connectivity index (χ2v) is 3.49. The molecule has 1 N–H and O–H groups in total. The molecule has 1 rings (SSSR count). The number of hydrogen-bond donors (Lipinski definition) is 1. The van der Waals surface area contributed by atoms with Gasteiger partial charge in [-0.3, -0.25) is 4.79 Å². The first kappa shape index (κ1) is 12.6. The fourth-order valence-electron chi connectivity index (χ4n) is 1.08. The molecule has 2 nitrogen and oxygen atoms in total. The Morgan fingerprint density at radius 3 is 2.69 bits per heavy atom. The summed E-state index contributed by atoms with van der Waals surface area (Å²) in [6.07, 6.45) is 2.22. The smallest absolute Gasteiger partial charge is 0.252 e. The fourth-order valence-corrected chi connectivity index (χ4v) is 1.32. The Labute approximate surface area is 96.9 Å². The molecular formula is C11H10ClF2NO. The predicted octanol–water partition coefficient (Wildman–Crippen LogP) is 2.92. The molecule has 0 atom stereocenters. The van der Waals surface area contributed by atoms with Crippen LogP contribution < -0.4 is 5.32 Å². The summed E-state index contributed by atoms with van der Waals surface area (Å²) >= 11 is 5.62. The van der Waals surface area contributed by atoms with Crippen LogP contribution >= 0.6 is 11.6 Å². The number of hydrogen-bond acceptors (Lipinski definition) is 1. The van der Waals surface area contributed by atoms with Crippen LogP contribution in [0.1, 0.15) is 16.8 Å². The monoisotopic (exact) mass is 245 g/mol. The van der Waals surface area contributed by atoms with E-state index in [-0.39, 0.29) is 10.6 Å². The molecule has 0 unspecified atom stereocenters. The van der Waals surface area contributed by atoms with Gasteiger partial charge in [-0.1, -0.05) is 17.7 Å². The summed E-state index contributed by atoms with van der Waals surface area (Å²) < 4.78 is 25.6. The van der Waals surface area contributed by atoms with Gasteiger partial charge in [-0.2, -0.15) is 0 Å². The maximum Gasteiger partial charge on any atom is 0.252 e. The van der Waals surface area contributed by atoms with Gasteiger partial charge in [0, 0.05) is 6.54 Å². The van der Waals surface area contributed by atoms with Gasteiger partial charge >= 0.3 is 0 Å². The van der Waals surface area contributed by atoms with Crippen LogP contribution in [-0.2, 0) is 0 Å². The molecule has 0 bridgehead atoms. The lowest BCUT2D eigenvalue weighted by atomic mass is 10.2. The summed E-state index contributed by atoms with van der Waals surface area (Å²) in [5.74, 6) is -2.71. The van der Waals surface area contributed by atoms with Crippen molar-refractivity contribution < 1.29 is 13.6 Å². The topological polar surface area (TPSA) is 29.1 Å². The summed E-state index contributed by atoms with van der Waals surface area (Å²) in [5, 5.41) is 2.39. The van der Waals surface area contributed by atoms with Gasteiger partial charge in [0.1, 0.15) is 0 Å². The molecule has 0 aliphatic rings. The van der Waals surface area contributed by atoms with E-state index >= 15 is 0 Å². The van der Waals surface area contributed by atoms with Crippen molar-refractivity contribution in [2.24, 2.45) is 0 Å². The zero-order valence-electron chi connectivity index (χ0n) is 8.40. The fraction of sp³-hybridized carbons (Fsp3) is 0.182. The van der Waals surface area contributed by atoms with Crippen molar-refractivity contribution in [2.75, 3.05) is 6.54 Å². The number of halogens is 3. The van der Waals surface area contributed by atoms with Crippen LogP contribution in [0.4, 0.5) is 8.78 Å². The molecule has 0 radical (unpaired) electrons. The molecule has 0 aliphatic carbocycles. The van der Waals surface area contributed by atoms with Crippen LogP contribution in [0.15, 0.2) is 24.8 Å². The van der Waals surface area contributed by atoms with Gasteiger partial charge in [0.2, 0.25) is 0 Å². The maximum absolute atomic E-state index is 12.9. The van der Waals surface area contributed by atoms with Gasteiger partial charge in [-0.15, -0.1) is 6.58 Å². The average Bonchev–Trinajstić information content (AvgIpc) is 2.23. The van der Waals surface area contributed by atoms with Gasteiger partial charge in [-0.25, -0.2) is 8.78 Å². The van der Waals surface area contributed by atoms with Crippen molar-refractivity contribution in [3.63, 3.8) is 0 Å². The highest BCUT2D eigenvalue weighted by Crippen LogP contribution is 2.19. The highest BCUT2D eigenvalue weighted by atomic mass is 35.5. The molecule has 0 saturated heterocycles. The van der Waals surface area contributed by atoms with E-state index in [1.54, 1.807) is 6.08 Å². The molecule has 0 aromatic heterocycles. The van der Waals surface area contributed by atoms with Crippen LogP contribution in [0.5, 0.6) is 0 Å².